The Morgan fingerprint density at radius 3 is 2.76 bits per heavy atom. The van der Waals surface area contributed by atoms with Crippen LogP contribution < -0.4 is 26.2 Å². The number of benzene rings is 1. The molecular formula is C14H23N9O4S2. The molecule has 0 bridgehead atoms. The lowest BCUT2D eigenvalue weighted by Gasteiger charge is -2.23. The second kappa shape index (κ2) is 8.78. The van der Waals surface area contributed by atoms with Crippen molar-refractivity contribution in [2.24, 2.45) is 16.6 Å². The van der Waals surface area contributed by atoms with Crippen molar-refractivity contribution >= 4 is 26.7 Å². The maximum absolute atomic E-state index is 12.8. The molecule has 0 amide bonds. The molecule has 0 aliphatic carbocycles. The maximum atomic E-state index is 12.8. The van der Waals surface area contributed by atoms with E-state index in [1.165, 1.54) is 6.07 Å². The molecule has 15 heteroatoms. The molecule has 2 heterocycles. The minimum Gasteiger partial charge on any atom is -0.390 e. The summed E-state index contributed by atoms with van der Waals surface area (Å²) in [4.78, 5) is 1.41. The van der Waals surface area contributed by atoms with E-state index in [2.05, 4.69) is 25.3 Å². The first-order valence-corrected chi connectivity index (χ1v) is 11.4. The van der Waals surface area contributed by atoms with Crippen LogP contribution in [0.15, 0.2) is 21.9 Å². The minimum absolute atomic E-state index is 0.00895. The number of nitrogens with one attached hydrogen (secondary N) is 2. The summed E-state index contributed by atoms with van der Waals surface area (Å²) < 4.78 is 40.4. The van der Waals surface area contributed by atoms with Crippen molar-refractivity contribution in [2.75, 3.05) is 31.1 Å². The fraction of sp³-hybridized carbons (Fsp3) is 0.500. The molecule has 9 N–H and O–H groups in total. The highest BCUT2D eigenvalue weighted by atomic mass is 32.2. The highest BCUT2D eigenvalue weighted by Crippen LogP contribution is 2.38. The molecule has 13 nitrogen and oxygen atoms in total. The Kier molecular flexibility index (Phi) is 6.57. The van der Waals surface area contributed by atoms with Crippen LogP contribution in [0, 0.1) is 0 Å². The molecule has 160 valence electrons. The van der Waals surface area contributed by atoms with Crippen LogP contribution in [0.4, 0.5) is 5.69 Å². The van der Waals surface area contributed by atoms with Crippen molar-refractivity contribution in [3.05, 3.63) is 12.1 Å². The van der Waals surface area contributed by atoms with E-state index in [0.717, 1.165) is 6.42 Å². The van der Waals surface area contributed by atoms with Crippen molar-refractivity contribution in [1.82, 2.24) is 25.3 Å². The first kappa shape index (κ1) is 21.7. The molecule has 3 atom stereocenters. The summed E-state index contributed by atoms with van der Waals surface area (Å²) in [5, 5.41) is 28.7. The second-order valence-electron chi connectivity index (χ2n) is 6.57. The standard InChI is InChI=1S/C14H23N9O4S2/c15-5-9(24)6-18-28(25)11-2-1-10(23-4-3-8(16)7-23)12(13(11)29(17,26)27)14-19-21-22-20-14/h1-2,8-9,18,24H,3-7,15-16H2,(H2,17,26,27)(H,19,20,21,22)/t8-,9+,28?/m0/s1. The summed E-state index contributed by atoms with van der Waals surface area (Å²) in [6.07, 6.45) is -0.221. The van der Waals surface area contributed by atoms with Crippen molar-refractivity contribution in [1.29, 1.82) is 0 Å². The van der Waals surface area contributed by atoms with Gasteiger partial charge in [-0.1, -0.05) is 0 Å². The van der Waals surface area contributed by atoms with E-state index in [-0.39, 0.29) is 40.3 Å². The molecule has 0 radical (unpaired) electrons. The third-order valence-corrected chi connectivity index (χ3v) is 6.73. The van der Waals surface area contributed by atoms with Crippen LogP contribution in [0.25, 0.3) is 11.4 Å². The summed E-state index contributed by atoms with van der Waals surface area (Å²) in [5.41, 5.74) is 11.9. The number of hydrogen-bond acceptors (Lipinski definition) is 10. The van der Waals surface area contributed by atoms with E-state index >= 15 is 0 Å². The van der Waals surface area contributed by atoms with Crippen LogP contribution in [0.5, 0.6) is 0 Å². The molecule has 1 saturated heterocycles. The number of aliphatic hydroxyl groups is 1. The van der Waals surface area contributed by atoms with E-state index < -0.39 is 27.1 Å². The van der Waals surface area contributed by atoms with Gasteiger partial charge in [0.25, 0.3) is 0 Å². The van der Waals surface area contributed by atoms with Gasteiger partial charge in [0.2, 0.25) is 15.8 Å². The van der Waals surface area contributed by atoms with Crippen molar-refractivity contribution in [3.63, 3.8) is 0 Å². The van der Waals surface area contributed by atoms with Crippen molar-refractivity contribution in [3.8, 4) is 11.4 Å². The Morgan fingerprint density at radius 1 is 1.45 bits per heavy atom. The van der Waals surface area contributed by atoms with Gasteiger partial charge in [0.05, 0.1) is 16.6 Å². The zero-order valence-corrected chi connectivity index (χ0v) is 17.0. The van der Waals surface area contributed by atoms with Gasteiger partial charge in [-0.25, -0.2) is 22.5 Å². The molecule has 3 rings (SSSR count). The molecule has 2 aromatic rings. The molecule has 1 aromatic heterocycles. The number of rotatable bonds is 8. The number of hydrogen-bond donors (Lipinski definition) is 6. The average molecular weight is 446 g/mol. The number of aliphatic hydroxyl groups excluding tert-OH is 1. The van der Waals surface area contributed by atoms with Gasteiger partial charge >= 0.3 is 0 Å². The van der Waals surface area contributed by atoms with E-state index in [1.807, 2.05) is 4.90 Å². The van der Waals surface area contributed by atoms with Crippen LogP contribution in [0.1, 0.15) is 6.42 Å². The average Bonchev–Trinajstić information content (AvgIpc) is 3.35. The smallest absolute Gasteiger partial charge is 0.240 e. The van der Waals surface area contributed by atoms with Crippen LogP contribution in [-0.4, -0.2) is 76.7 Å². The summed E-state index contributed by atoms with van der Waals surface area (Å²) in [6, 6.07) is 2.95. The lowest BCUT2D eigenvalue weighted by molar-refractivity contribution is 0.187. The van der Waals surface area contributed by atoms with Gasteiger partial charge in [0, 0.05) is 37.9 Å². The molecule has 0 spiro atoms. The highest BCUT2D eigenvalue weighted by molar-refractivity contribution is 7.90. The normalized spacial score (nSPS) is 19.4. The Morgan fingerprint density at radius 2 is 2.21 bits per heavy atom. The number of nitrogens with zero attached hydrogens (tertiary/aromatic N) is 4. The highest BCUT2D eigenvalue weighted by Gasteiger charge is 2.32. The largest absolute Gasteiger partial charge is 0.390 e. The van der Waals surface area contributed by atoms with Crippen LogP contribution in [0.3, 0.4) is 0 Å². The third kappa shape index (κ3) is 4.77. The molecular weight excluding hydrogens is 422 g/mol. The fourth-order valence-electron chi connectivity index (χ4n) is 3.07. The molecule has 1 fully saturated rings. The molecule has 1 aromatic carbocycles. The summed E-state index contributed by atoms with van der Waals surface area (Å²) >= 11 is 0. The number of aromatic nitrogens is 4. The lowest BCUT2D eigenvalue weighted by Crippen LogP contribution is -2.34. The van der Waals surface area contributed by atoms with Gasteiger partial charge in [-0.2, -0.15) is 5.21 Å². The second-order valence-corrected chi connectivity index (χ2v) is 9.33. The molecule has 1 aliphatic rings. The predicted octanol–water partition coefficient (Wildman–Crippen LogP) is -3.02. The first-order valence-electron chi connectivity index (χ1n) is 8.70. The zero-order chi connectivity index (χ0) is 21.2. The molecule has 1 unspecified atom stereocenters. The number of nitrogens with two attached hydrogens (primary N) is 3. The third-order valence-electron chi connectivity index (χ3n) is 4.44. The topological polar surface area (TPSA) is 219 Å². The Hall–Kier alpha value is -2.01. The van der Waals surface area contributed by atoms with Gasteiger partial charge in [0.15, 0.2) is 0 Å². The summed E-state index contributed by atoms with van der Waals surface area (Å²) in [7, 11) is -6.35. The number of primary sulfonamides is 1. The number of tetrazole rings is 1. The molecule has 0 saturated carbocycles. The lowest BCUT2D eigenvalue weighted by atomic mass is 10.1. The fourth-order valence-corrected chi connectivity index (χ4v) is 5.43. The zero-order valence-electron chi connectivity index (χ0n) is 15.4. The van der Waals surface area contributed by atoms with Crippen molar-refractivity contribution < 1.29 is 17.7 Å². The van der Waals surface area contributed by atoms with Crippen LogP contribution in [0.2, 0.25) is 0 Å². The Balaban J connectivity index is 2.16. The molecule has 1 aliphatic heterocycles. The molecule has 29 heavy (non-hydrogen) atoms. The predicted molar refractivity (Wildman–Crippen MR) is 105 cm³/mol. The van der Waals surface area contributed by atoms with E-state index in [1.54, 1.807) is 6.07 Å². The number of sulfonamides is 1. The Bertz CT molecular complexity index is 983. The minimum atomic E-state index is -4.34. The van der Waals surface area contributed by atoms with Crippen molar-refractivity contribution in [2.45, 2.75) is 28.4 Å². The van der Waals surface area contributed by atoms with Crippen LogP contribution in [-0.2, 0) is 21.0 Å². The van der Waals surface area contributed by atoms with E-state index in [4.69, 9.17) is 16.6 Å². The first-order chi connectivity index (χ1) is 13.7. The van der Waals surface area contributed by atoms with E-state index in [0.29, 0.717) is 18.8 Å². The van der Waals surface area contributed by atoms with Gasteiger partial charge in [-0.05, 0) is 23.8 Å². The summed E-state index contributed by atoms with van der Waals surface area (Å²) in [6.45, 7) is 0.944. The van der Waals surface area contributed by atoms with Gasteiger partial charge in [-0.15, -0.1) is 10.2 Å². The van der Waals surface area contributed by atoms with Crippen LogP contribution >= 0.6 is 0 Å². The SMILES string of the molecule is NC[C@@H](O)CNS(=O)c1ccc(N2CC[C@H](N)C2)c(-c2nn[nH]n2)c1S(N)(=O)=O. The summed E-state index contributed by atoms with van der Waals surface area (Å²) in [5.74, 6) is -0.00895. The monoisotopic (exact) mass is 445 g/mol. The number of H-pyrrole nitrogens is 1. The van der Waals surface area contributed by atoms with Gasteiger partial charge in [0.1, 0.15) is 15.9 Å². The maximum Gasteiger partial charge on any atom is 0.240 e. The Labute approximate surface area is 169 Å². The van der Waals surface area contributed by atoms with Gasteiger partial charge < -0.3 is 21.5 Å². The van der Waals surface area contributed by atoms with E-state index in [9.17, 15) is 17.7 Å². The number of aromatic amines is 1. The quantitative estimate of drug-likeness (QED) is 0.241. The number of anilines is 1. The van der Waals surface area contributed by atoms with Gasteiger partial charge in [-0.3, -0.25) is 0 Å².